The van der Waals surface area contributed by atoms with Crippen LogP contribution < -0.4 is 10.2 Å². The largest absolute Gasteiger partial charge is 0.326 e. The number of carbonyl (C=O) groups excluding carboxylic acids is 2. The van der Waals surface area contributed by atoms with E-state index in [2.05, 4.69) is 5.32 Å². The summed E-state index contributed by atoms with van der Waals surface area (Å²) in [5.41, 5.74) is 4.16. The van der Waals surface area contributed by atoms with Gasteiger partial charge in [0.25, 0.3) is 0 Å². The van der Waals surface area contributed by atoms with E-state index >= 15 is 0 Å². The Bertz CT molecular complexity index is 592. The Labute approximate surface area is 119 Å². The highest BCUT2D eigenvalue weighted by molar-refractivity contribution is 6.06. The normalized spacial score (nSPS) is 20.3. The smallest absolute Gasteiger partial charge is 0.234 e. The summed E-state index contributed by atoms with van der Waals surface area (Å²) in [5, 5.41) is 2.95. The minimum Gasteiger partial charge on any atom is -0.326 e. The van der Waals surface area contributed by atoms with Crippen molar-refractivity contribution >= 4 is 23.2 Å². The van der Waals surface area contributed by atoms with E-state index in [1.165, 1.54) is 5.56 Å². The molecule has 0 aliphatic carbocycles. The summed E-state index contributed by atoms with van der Waals surface area (Å²) in [7, 11) is 0. The number of hydrogen-bond acceptors (Lipinski definition) is 2. The first-order valence-electron chi connectivity index (χ1n) is 7.28. The van der Waals surface area contributed by atoms with Crippen LogP contribution in [-0.4, -0.2) is 18.4 Å². The molecule has 0 bridgehead atoms. The molecule has 20 heavy (non-hydrogen) atoms. The van der Waals surface area contributed by atoms with Gasteiger partial charge >= 0.3 is 0 Å². The Morgan fingerprint density at radius 1 is 1.40 bits per heavy atom. The van der Waals surface area contributed by atoms with E-state index in [-0.39, 0.29) is 23.7 Å². The van der Waals surface area contributed by atoms with E-state index < -0.39 is 0 Å². The zero-order valence-corrected chi connectivity index (χ0v) is 12.2. The van der Waals surface area contributed by atoms with Gasteiger partial charge in [-0.1, -0.05) is 13.8 Å². The Balaban J connectivity index is 2.02. The van der Waals surface area contributed by atoms with Gasteiger partial charge in [-0.3, -0.25) is 9.59 Å². The predicted octanol–water partition coefficient (Wildman–Crippen LogP) is 2.68. The molecule has 2 aliphatic heterocycles. The Morgan fingerprint density at radius 3 is 2.85 bits per heavy atom. The van der Waals surface area contributed by atoms with Crippen LogP contribution in [0.4, 0.5) is 11.4 Å². The molecule has 106 valence electrons. The molecule has 4 nitrogen and oxygen atoms in total. The number of nitrogens with one attached hydrogen (secondary N) is 1. The SMILES string of the molecule is CC(C)C(=O)Nc1cc2c3c(c1)[C@H](C)C(=O)N3CCC2. The number of benzene rings is 1. The molecule has 1 aromatic rings. The summed E-state index contributed by atoms with van der Waals surface area (Å²) in [6.07, 6.45) is 1.97. The van der Waals surface area contributed by atoms with Crippen molar-refractivity contribution < 1.29 is 9.59 Å². The maximum absolute atomic E-state index is 12.3. The van der Waals surface area contributed by atoms with Crippen molar-refractivity contribution in [2.24, 2.45) is 5.92 Å². The standard InChI is InChI=1S/C16H20N2O2/c1-9(2)15(19)17-12-7-11-5-4-6-18-14(11)13(8-12)10(3)16(18)20/h7-10H,4-6H2,1-3H3,(H,17,19)/t10-/m0/s1. The number of aryl methyl sites for hydroxylation is 1. The lowest BCUT2D eigenvalue weighted by molar-refractivity contribution is -0.119. The highest BCUT2D eigenvalue weighted by atomic mass is 16.2. The van der Waals surface area contributed by atoms with Crippen LogP contribution in [-0.2, 0) is 16.0 Å². The first-order chi connectivity index (χ1) is 9.49. The number of rotatable bonds is 2. The molecule has 0 unspecified atom stereocenters. The first-order valence-corrected chi connectivity index (χ1v) is 7.28. The van der Waals surface area contributed by atoms with Crippen molar-refractivity contribution in [1.29, 1.82) is 0 Å². The van der Waals surface area contributed by atoms with Crippen LogP contribution in [0.2, 0.25) is 0 Å². The fraction of sp³-hybridized carbons (Fsp3) is 0.500. The van der Waals surface area contributed by atoms with Gasteiger partial charge in [0.05, 0.1) is 11.6 Å². The van der Waals surface area contributed by atoms with E-state index in [1.54, 1.807) is 0 Å². The molecule has 4 heteroatoms. The molecule has 0 spiro atoms. The molecular weight excluding hydrogens is 252 g/mol. The Kier molecular flexibility index (Phi) is 3.04. The second-order valence-electron chi connectivity index (χ2n) is 6.03. The molecule has 0 radical (unpaired) electrons. The van der Waals surface area contributed by atoms with E-state index in [0.717, 1.165) is 36.3 Å². The lowest BCUT2D eigenvalue weighted by Crippen LogP contribution is -2.32. The minimum absolute atomic E-state index is 0.0155. The monoisotopic (exact) mass is 272 g/mol. The lowest BCUT2D eigenvalue weighted by Gasteiger charge is -2.26. The van der Waals surface area contributed by atoms with Gasteiger partial charge in [-0.05, 0) is 43.0 Å². The van der Waals surface area contributed by atoms with Gasteiger partial charge in [0.15, 0.2) is 0 Å². The third kappa shape index (κ3) is 1.90. The fourth-order valence-corrected chi connectivity index (χ4v) is 3.05. The molecule has 3 rings (SSSR count). The average Bonchev–Trinajstić information content (AvgIpc) is 2.66. The van der Waals surface area contributed by atoms with Crippen LogP contribution >= 0.6 is 0 Å². The number of anilines is 2. The fourth-order valence-electron chi connectivity index (χ4n) is 3.05. The number of nitrogens with zero attached hydrogens (tertiary/aromatic N) is 1. The molecule has 2 amide bonds. The summed E-state index contributed by atoms with van der Waals surface area (Å²) in [6.45, 7) is 6.52. The van der Waals surface area contributed by atoms with Crippen LogP contribution in [0.15, 0.2) is 12.1 Å². The lowest BCUT2D eigenvalue weighted by atomic mass is 9.96. The van der Waals surface area contributed by atoms with Gasteiger partial charge in [-0.2, -0.15) is 0 Å². The molecule has 1 atom stereocenters. The van der Waals surface area contributed by atoms with Crippen LogP contribution in [0, 0.1) is 5.92 Å². The topological polar surface area (TPSA) is 49.4 Å². The maximum Gasteiger partial charge on any atom is 0.234 e. The van der Waals surface area contributed by atoms with Gasteiger partial charge in [0, 0.05) is 18.2 Å². The highest BCUT2D eigenvalue weighted by Gasteiger charge is 2.37. The molecule has 0 fully saturated rings. The van der Waals surface area contributed by atoms with Crippen LogP contribution in [0.25, 0.3) is 0 Å². The third-order valence-electron chi connectivity index (χ3n) is 4.21. The number of hydrogen-bond donors (Lipinski definition) is 1. The van der Waals surface area contributed by atoms with E-state index in [4.69, 9.17) is 0 Å². The molecule has 1 N–H and O–H groups in total. The van der Waals surface area contributed by atoms with Crippen molar-refractivity contribution in [2.45, 2.75) is 39.5 Å². The zero-order valence-electron chi connectivity index (χ0n) is 12.2. The Morgan fingerprint density at radius 2 is 2.15 bits per heavy atom. The molecule has 0 saturated carbocycles. The van der Waals surface area contributed by atoms with E-state index in [1.807, 2.05) is 37.8 Å². The van der Waals surface area contributed by atoms with Crippen molar-refractivity contribution in [2.75, 3.05) is 16.8 Å². The molecular formula is C16H20N2O2. The molecule has 0 saturated heterocycles. The quantitative estimate of drug-likeness (QED) is 0.900. The zero-order chi connectivity index (χ0) is 14.4. The molecule has 2 heterocycles. The second kappa shape index (κ2) is 4.62. The molecule has 1 aromatic carbocycles. The summed E-state index contributed by atoms with van der Waals surface area (Å²) in [4.78, 5) is 26.0. The van der Waals surface area contributed by atoms with Gasteiger partial charge in [0.1, 0.15) is 0 Å². The third-order valence-corrected chi connectivity index (χ3v) is 4.21. The molecule has 2 aliphatic rings. The summed E-state index contributed by atoms with van der Waals surface area (Å²) < 4.78 is 0. The van der Waals surface area contributed by atoms with Gasteiger partial charge in [0.2, 0.25) is 11.8 Å². The predicted molar refractivity (Wildman–Crippen MR) is 79.0 cm³/mol. The van der Waals surface area contributed by atoms with Crippen molar-refractivity contribution in [1.82, 2.24) is 0 Å². The van der Waals surface area contributed by atoms with Gasteiger partial charge in [-0.15, -0.1) is 0 Å². The second-order valence-corrected chi connectivity index (χ2v) is 6.03. The maximum atomic E-state index is 12.3. The summed E-state index contributed by atoms with van der Waals surface area (Å²) >= 11 is 0. The minimum atomic E-state index is -0.0993. The number of carbonyl (C=O) groups is 2. The van der Waals surface area contributed by atoms with Gasteiger partial charge < -0.3 is 10.2 Å². The van der Waals surface area contributed by atoms with Crippen LogP contribution in [0.3, 0.4) is 0 Å². The Hall–Kier alpha value is -1.84. The first kappa shape index (κ1) is 13.2. The van der Waals surface area contributed by atoms with E-state index in [0.29, 0.717) is 0 Å². The van der Waals surface area contributed by atoms with Gasteiger partial charge in [-0.25, -0.2) is 0 Å². The highest BCUT2D eigenvalue weighted by Crippen LogP contribution is 2.44. The summed E-state index contributed by atoms with van der Waals surface area (Å²) in [5.74, 6) is 0.0583. The summed E-state index contributed by atoms with van der Waals surface area (Å²) in [6, 6.07) is 3.99. The molecule has 0 aromatic heterocycles. The van der Waals surface area contributed by atoms with E-state index in [9.17, 15) is 9.59 Å². The average molecular weight is 272 g/mol. The number of amides is 2. The van der Waals surface area contributed by atoms with Crippen molar-refractivity contribution in [3.63, 3.8) is 0 Å². The van der Waals surface area contributed by atoms with Crippen molar-refractivity contribution in [3.05, 3.63) is 23.3 Å². The van der Waals surface area contributed by atoms with Crippen LogP contribution in [0.5, 0.6) is 0 Å². The van der Waals surface area contributed by atoms with Crippen LogP contribution in [0.1, 0.15) is 44.2 Å². The van der Waals surface area contributed by atoms with Crippen molar-refractivity contribution in [3.8, 4) is 0 Å².